The summed E-state index contributed by atoms with van der Waals surface area (Å²) in [5.74, 6) is 0.359. The first kappa shape index (κ1) is 11.1. The zero-order valence-corrected chi connectivity index (χ0v) is 8.05. The van der Waals surface area contributed by atoms with Gasteiger partial charge < -0.3 is 5.11 Å². The van der Waals surface area contributed by atoms with Crippen LogP contribution in [-0.2, 0) is 4.79 Å². The number of hydrogen-bond donors (Lipinski definition) is 1. The smallest absolute Gasteiger partial charge is 0.304 e. The molecule has 0 bridgehead atoms. The van der Waals surface area contributed by atoms with Crippen LogP contribution in [0.3, 0.4) is 0 Å². The summed E-state index contributed by atoms with van der Waals surface area (Å²) in [5, 5.41) is 8.79. The van der Waals surface area contributed by atoms with Crippen molar-refractivity contribution >= 4 is 40.9 Å². The fraction of sp³-hybridized carbons (Fsp3) is 0.500. The molecule has 0 fully saturated rings. The maximum atomic E-state index is 10.0. The van der Waals surface area contributed by atoms with E-state index in [9.17, 15) is 4.79 Å². The second kappa shape index (κ2) is 6.83. The van der Waals surface area contributed by atoms with E-state index in [0.717, 1.165) is 0 Å². The van der Waals surface area contributed by atoms with Crippen LogP contribution in [0.5, 0.6) is 0 Å². The monoisotopic (exact) mass is 214 g/mol. The molecule has 0 heterocycles. The highest BCUT2D eigenvalue weighted by molar-refractivity contribution is 7.99. The van der Waals surface area contributed by atoms with Crippen molar-refractivity contribution in [1.82, 2.24) is 0 Å². The lowest BCUT2D eigenvalue weighted by molar-refractivity contribution is -0.136. The molecular formula is C6H8Cl2O2S. The van der Waals surface area contributed by atoms with Crippen LogP contribution >= 0.6 is 35.0 Å². The van der Waals surface area contributed by atoms with Gasteiger partial charge in [-0.1, -0.05) is 23.2 Å². The van der Waals surface area contributed by atoms with E-state index < -0.39 is 5.97 Å². The van der Waals surface area contributed by atoms with Crippen molar-refractivity contribution in [3.8, 4) is 0 Å². The summed E-state index contributed by atoms with van der Waals surface area (Å²) in [7, 11) is 0. The Hall–Kier alpha value is 0.140. The molecule has 1 N–H and O–H groups in total. The summed E-state index contributed by atoms with van der Waals surface area (Å²) in [5.41, 5.74) is 1.29. The molecule has 0 aliphatic rings. The van der Waals surface area contributed by atoms with Gasteiger partial charge in [-0.05, 0) is 0 Å². The highest BCUT2D eigenvalue weighted by Crippen LogP contribution is 2.13. The van der Waals surface area contributed by atoms with E-state index in [-0.39, 0.29) is 6.42 Å². The Morgan fingerprint density at radius 1 is 1.64 bits per heavy atom. The molecule has 0 radical (unpaired) electrons. The first-order valence-electron chi connectivity index (χ1n) is 2.91. The third kappa shape index (κ3) is 8.04. The van der Waals surface area contributed by atoms with Crippen molar-refractivity contribution in [2.45, 2.75) is 6.42 Å². The SMILES string of the molecule is O=C(O)CCSCC(Cl)=CCl. The van der Waals surface area contributed by atoms with Crippen LogP contribution in [-0.4, -0.2) is 22.6 Å². The highest BCUT2D eigenvalue weighted by atomic mass is 35.5. The third-order valence-corrected chi connectivity index (χ3v) is 2.60. The third-order valence-electron chi connectivity index (χ3n) is 0.819. The minimum atomic E-state index is -0.788. The van der Waals surface area contributed by atoms with Crippen LogP contribution in [0.25, 0.3) is 0 Å². The average Bonchev–Trinajstić information content (AvgIpc) is 1.97. The Kier molecular flexibility index (Phi) is 6.91. The molecule has 2 nitrogen and oxygen atoms in total. The summed E-state index contributed by atoms with van der Waals surface area (Å²) in [6.07, 6.45) is 0.164. The maximum Gasteiger partial charge on any atom is 0.304 e. The van der Waals surface area contributed by atoms with E-state index in [1.807, 2.05) is 0 Å². The van der Waals surface area contributed by atoms with Gasteiger partial charge in [0.25, 0.3) is 0 Å². The van der Waals surface area contributed by atoms with Gasteiger partial charge in [0, 0.05) is 22.1 Å². The minimum absolute atomic E-state index is 0.164. The van der Waals surface area contributed by atoms with Crippen LogP contribution in [0.15, 0.2) is 10.6 Å². The van der Waals surface area contributed by atoms with Gasteiger partial charge >= 0.3 is 5.97 Å². The first-order valence-corrected chi connectivity index (χ1v) is 4.88. The molecule has 5 heteroatoms. The van der Waals surface area contributed by atoms with Gasteiger partial charge in [-0.25, -0.2) is 0 Å². The molecule has 0 spiro atoms. The summed E-state index contributed by atoms with van der Waals surface area (Å²) >= 11 is 12.3. The van der Waals surface area contributed by atoms with Crippen molar-refractivity contribution in [2.24, 2.45) is 0 Å². The van der Waals surface area contributed by atoms with E-state index in [2.05, 4.69) is 0 Å². The van der Waals surface area contributed by atoms with Crippen LogP contribution < -0.4 is 0 Å². The van der Waals surface area contributed by atoms with E-state index in [1.165, 1.54) is 17.3 Å². The number of thioether (sulfide) groups is 1. The maximum absolute atomic E-state index is 10.0. The van der Waals surface area contributed by atoms with E-state index >= 15 is 0 Å². The summed E-state index contributed by atoms with van der Waals surface area (Å²) in [6, 6.07) is 0. The van der Waals surface area contributed by atoms with Crippen molar-refractivity contribution in [2.75, 3.05) is 11.5 Å². The molecule has 11 heavy (non-hydrogen) atoms. The summed E-state index contributed by atoms with van der Waals surface area (Å²) < 4.78 is 0. The fourth-order valence-electron chi connectivity index (χ4n) is 0.361. The van der Waals surface area contributed by atoms with Gasteiger partial charge in [0.15, 0.2) is 0 Å². The lowest BCUT2D eigenvalue weighted by Crippen LogP contribution is -1.96. The van der Waals surface area contributed by atoms with Gasteiger partial charge in [0.05, 0.1) is 6.42 Å². The van der Waals surface area contributed by atoms with Crippen LogP contribution in [0, 0.1) is 0 Å². The molecule has 0 aliphatic heterocycles. The molecule has 0 aromatic carbocycles. The fourth-order valence-corrected chi connectivity index (χ4v) is 1.50. The van der Waals surface area contributed by atoms with Crippen molar-refractivity contribution in [3.63, 3.8) is 0 Å². The number of carboxylic acid groups (broad SMARTS) is 1. The molecule has 0 saturated carbocycles. The van der Waals surface area contributed by atoms with E-state index in [0.29, 0.717) is 16.5 Å². The number of carbonyl (C=O) groups is 1. The topological polar surface area (TPSA) is 37.3 Å². The Labute approximate surface area is 79.6 Å². The quantitative estimate of drug-likeness (QED) is 0.716. The number of rotatable bonds is 5. The Morgan fingerprint density at radius 2 is 2.27 bits per heavy atom. The summed E-state index contributed by atoms with van der Waals surface area (Å²) in [6.45, 7) is 0. The molecule has 0 saturated heterocycles. The zero-order chi connectivity index (χ0) is 8.69. The second-order valence-electron chi connectivity index (χ2n) is 1.75. The minimum Gasteiger partial charge on any atom is -0.481 e. The lowest BCUT2D eigenvalue weighted by Gasteiger charge is -1.95. The van der Waals surface area contributed by atoms with Crippen LogP contribution in [0.1, 0.15) is 6.42 Å². The number of aliphatic carboxylic acids is 1. The van der Waals surface area contributed by atoms with Gasteiger partial charge in [-0.3, -0.25) is 4.79 Å². The van der Waals surface area contributed by atoms with E-state index in [1.54, 1.807) is 0 Å². The average molecular weight is 215 g/mol. The standard InChI is InChI=1S/C6H8Cl2O2S/c7-3-5(8)4-11-2-1-6(9)10/h3H,1-2,4H2,(H,9,10). The van der Waals surface area contributed by atoms with Gasteiger partial charge in [-0.2, -0.15) is 11.8 Å². The van der Waals surface area contributed by atoms with Crippen molar-refractivity contribution in [3.05, 3.63) is 10.6 Å². The molecule has 0 aromatic rings. The number of carboxylic acids is 1. The zero-order valence-electron chi connectivity index (χ0n) is 5.72. The van der Waals surface area contributed by atoms with Gasteiger partial charge in [0.1, 0.15) is 0 Å². The highest BCUT2D eigenvalue weighted by Gasteiger charge is 1.97. The predicted molar refractivity (Wildman–Crippen MR) is 49.4 cm³/mol. The normalized spacial score (nSPS) is 11.6. The predicted octanol–water partition coefficient (Wildman–Crippen LogP) is 2.51. The van der Waals surface area contributed by atoms with Gasteiger partial charge in [0.2, 0.25) is 0 Å². The van der Waals surface area contributed by atoms with E-state index in [4.69, 9.17) is 28.3 Å². The largest absolute Gasteiger partial charge is 0.481 e. The molecule has 0 atom stereocenters. The molecule has 0 aromatic heterocycles. The first-order chi connectivity index (χ1) is 5.16. The Bertz CT molecular complexity index is 159. The lowest BCUT2D eigenvalue weighted by atomic mass is 10.5. The number of halogens is 2. The molecule has 0 unspecified atom stereocenters. The summed E-state index contributed by atoms with van der Waals surface area (Å²) in [4.78, 5) is 10.0. The van der Waals surface area contributed by atoms with Crippen molar-refractivity contribution in [1.29, 1.82) is 0 Å². The van der Waals surface area contributed by atoms with Crippen molar-refractivity contribution < 1.29 is 9.90 Å². The molecule has 0 aliphatic carbocycles. The van der Waals surface area contributed by atoms with Gasteiger partial charge in [-0.15, -0.1) is 0 Å². The molecule has 0 amide bonds. The second-order valence-corrected chi connectivity index (χ2v) is 3.56. The molecule has 64 valence electrons. The number of hydrogen-bond acceptors (Lipinski definition) is 2. The molecular weight excluding hydrogens is 207 g/mol. The van der Waals surface area contributed by atoms with Crippen LogP contribution in [0.2, 0.25) is 0 Å². The molecule has 0 rings (SSSR count). The Morgan fingerprint density at radius 3 is 2.73 bits per heavy atom. The van der Waals surface area contributed by atoms with Crippen LogP contribution in [0.4, 0.5) is 0 Å². The Balaban J connectivity index is 3.21.